The summed E-state index contributed by atoms with van der Waals surface area (Å²) in [6.45, 7) is 2.70. The Labute approximate surface area is 175 Å². The molecule has 3 nitrogen and oxygen atoms in total. The van der Waals surface area contributed by atoms with Crippen molar-refractivity contribution in [3.05, 3.63) is 113 Å². The maximum atomic E-state index is 13.4. The Morgan fingerprint density at radius 3 is 2.38 bits per heavy atom. The molecule has 1 aliphatic rings. The highest BCUT2D eigenvalue weighted by molar-refractivity contribution is 7.80. The minimum Gasteiger partial charge on any atom is -0.357 e. The van der Waals surface area contributed by atoms with Crippen molar-refractivity contribution >= 4 is 23.0 Å². The molecule has 0 aromatic heterocycles. The van der Waals surface area contributed by atoms with Gasteiger partial charge in [-0.25, -0.2) is 4.39 Å². The Bertz CT molecular complexity index is 1010. The number of halogens is 1. The van der Waals surface area contributed by atoms with Crippen molar-refractivity contribution in [1.82, 2.24) is 15.8 Å². The first-order chi connectivity index (χ1) is 14.1. The maximum Gasteiger partial charge on any atom is 0.189 e. The molecule has 1 aliphatic heterocycles. The fourth-order valence-electron chi connectivity index (χ4n) is 3.30. The van der Waals surface area contributed by atoms with Gasteiger partial charge in [0.05, 0.1) is 11.7 Å². The van der Waals surface area contributed by atoms with Gasteiger partial charge in [-0.1, -0.05) is 72.3 Å². The fraction of sp³-hybridized carbons (Fsp3) is 0.125. The molecule has 5 heteroatoms. The fourth-order valence-corrected chi connectivity index (χ4v) is 3.54. The van der Waals surface area contributed by atoms with E-state index in [1.165, 1.54) is 17.7 Å². The van der Waals surface area contributed by atoms with Gasteiger partial charge in [0.2, 0.25) is 0 Å². The molecule has 0 fully saturated rings. The summed E-state index contributed by atoms with van der Waals surface area (Å²) in [7, 11) is 0. The molecule has 0 radical (unpaired) electrons. The monoisotopic (exact) mass is 403 g/mol. The zero-order chi connectivity index (χ0) is 20.2. The van der Waals surface area contributed by atoms with E-state index in [2.05, 4.69) is 60.1 Å². The predicted octanol–water partition coefficient (Wildman–Crippen LogP) is 5.11. The third kappa shape index (κ3) is 4.46. The molecule has 4 rings (SSSR count). The minimum atomic E-state index is -0.251. The lowest BCUT2D eigenvalue weighted by atomic mass is 10.0. The van der Waals surface area contributed by atoms with Crippen LogP contribution in [0.2, 0.25) is 0 Å². The van der Waals surface area contributed by atoms with E-state index in [4.69, 9.17) is 12.2 Å². The van der Waals surface area contributed by atoms with E-state index in [1.807, 2.05) is 23.2 Å². The molecule has 0 saturated carbocycles. The van der Waals surface area contributed by atoms with Crippen LogP contribution in [0.3, 0.4) is 0 Å². The van der Waals surface area contributed by atoms with E-state index >= 15 is 0 Å². The molecule has 29 heavy (non-hydrogen) atoms. The molecular weight excluding hydrogens is 381 g/mol. The van der Waals surface area contributed by atoms with E-state index in [1.54, 1.807) is 12.1 Å². The number of hydrogen-bond acceptors (Lipinski definition) is 2. The van der Waals surface area contributed by atoms with Crippen molar-refractivity contribution in [2.45, 2.75) is 19.5 Å². The number of nitrogens with one attached hydrogen (secondary N) is 2. The van der Waals surface area contributed by atoms with Gasteiger partial charge in [0, 0.05) is 6.54 Å². The molecule has 146 valence electrons. The molecular formula is C24H22FN3S. The molecule has 0 spiro atoms. The second kappa shape index (κ2) is 8.45. The first kappa shape index (κ1) is 19.2. The molecule has 3 aromatic rings. The summed E-state index contributed by atoms with van der Waals surface area (Å²) in [4.78, 5) is 0. The average molecular weight is 404 g/mol. The Morgan fingerprint density at radius 1 is 1.00 bits per heavy atom. The van der Waals surface area contributed by atoms with Crippen LogP contribution in [0.15, 0.2) is 84.9 Å². The lowest BCUT2D eigenvalue weighted by Crippen LogP contribution is -2.45. The second-order valence-electron chi connectivity index (χ2n) is 7.07. The van der Waals surface area contributed by atoms with Crippen LogP contribution in [0.4, 0.5) is 4.39 Å². The van der Waals surface area contributed by atoms with E-state index in [0.717, 1.165) is 22.4 Å². The highest BCUT2D eigenvalue weighted by Crippen LogP contribution is 2.31. The van der Waals surface area contributed by atoms with E-state index < -0.39 is 0 Å². The van der Waals surface area contributed by atoms with Crippen LogP contribution >= 0.6 is 12.2 Å². The summed E-state index contributed by atoms with van der Waals surface area (Å²) in [5, 5.41) is 5.82. The molecule has 0 aliphatic carbocycles. The number of hydrogen-bond donors (Lipinski definition) is 2. The second-order valence-corrected chi connectivity index (χ2v) is 7.46. The third-order valence-corrected chi connectivity index (χ3v) is 5.26. The lowest BCUT2D eigenvalue weighted by molar-refractivity contribution is 0.336. The van der Waals surface area contributed by atoms with Crippen LogP contribution in [0.1, 0.15) is 28.3 Å². The SMILES string of the molecule is Cc1ccc(C2=C[C@H](c3ccc(F)cc3)N(C(=S)NCc3ccccc3)N2)cc1. The Morgan fingerprint density at radius 2 is 1.69 bits per heavy atom. The van der Waals surface area contributed by atoms with Crippen LogP contribution in [-0.2, 0) is 6.54 Å². The van der Waals surface area contributed by atoms with E-state index in [0.29, 0.717) is 11.7 Å². The molecule has 1 atom stereocenters. The van der Waals surface area contributed by atoms with Gasteiger partial charge in [-0.15, -0.1) is 0 Å². The van der Waals surface area contributed by atoms with Gasteiger partial charge in [-0.05, 0) is 54.0 Å². The summed E-state index contributed by atoms with van der Waals surface area (Å²) < 4.78 is 13.4. The standard InChI is InChI=1S/C24H22FN3S/c1-17-7-9-19(10-8-17)22-15-23(20-11-13-21(25)14-12-20)28(27-22)24(29)26-16-18-5-3-2-4-6-18/h2-15,23,27H,16H2,1H3,(H,26,29)/t23-/m1/s1. The zero-order valence-electron chi connectivity index (χ0n) is 16.1. The molecule has 0 saturated heterocycles. The van der Waals surface area contributed by atoms with Crippen LogP contribution in [0.25, 0.3) is 5.70 Å². The van der Waals surface area contributed by atoms with Crippen molar-refractivity contribution < 1.29 is 4.39 Å². The first-order valence-corrected chi connectivity index (χ1v) is 9.93. The number of hydrazine groups is 1. The number of benzene rings is 3. The quantitative estimate of drug-likeness (QED) is 0.592. The smallest absolute Gasteiger partial charge is 0.189 e. The van der Waals surface area contributed by atoms with Gasteiger partial charge >= 0.3 is 0 Å². The zero-order valence-corrected chi connectivity index (χ0v) is 16.9. The van der Waals surface area contributed by atoms with Crippen LogP contribution in [0.5, 0.6) is 0 Å². The summed E-state index contributed by atoms with van der Waals surface area (Å²) in [5.41, 5.74) is 8.80. The molecule has 3 aromatic carbocycles. The van der Waals surface area contributed by atoms with Crippen molar-refractivity contribution in [2.24, 2.45) is 0 Å². The Kier molecular flexibility index (Phi) is 5.58. The maximum absolute atomic E-state index is 13.4. The van der Waals surface area contributed by atoms with E-state index in [-0.39, 0.29) is 11.9 Å². The van der Waals surface area contributed by atoms with E-state index in [9.17, 15) is 4.39 Å². The van der Waals surface area contributed by atoms with Crippen LogP contribution in [0, 0.1) is 12.7 Å². The van der Waals surface area contributed by atoms with Crippen molar-refractivity contribution in [3.63, 3.8) is 0 Å². The molecule has 2 N–H and O–H groups in total. The van der Waals surface area contributed by atoms with Crippen LogP contribution < -0.4 is 10.7 Å². The summed E-state index contributed by atoms with van der Waals surface area (Å²) in [6.07, 6.45) is 2.12. The average Bonchev–Trinajstić information content (AvgIpc) is 3.19. The molecule has 0 unspecified atom stereocenters. The van der Waals surface area contributed by atoms with Gasteiger partial charge in [-0.2, -0.15) is 0 Å². The van der Waals surface area contributed by atoms with Gasteiger partial charge in [0.15, 0.2) is 5.11 Å². The predicted molar refractivity (Wildman–Crippen MR) is 119 cm³/mol. The largest absolute Gasteiger partial charge is 0.357 e. The number of aryl methyl sites for hydroxylation is 1. The van der Waals surface area contributed by atoms with Gasteiger partial charge in [0.1, 0.15) is 5.82 Å². The topological polar surface area (TPSA) is 27.3 Å². The van der Waals surface area contributed by atoms with Gasteiger partial charge in [-0.3, -0.25) is 10.4 Å². The first-order valence-electron chi connectivity index (χ1n) is 9.52. The van der Waals surface area contributed by atoms with Crippen molar-refractivity contribution in [2.75, 3.05) is 0 Å². The Balaban J connectivity index is 1.58. The highest BCUT2D eigenvalue weighted by atomic mass is 32.1. The van der Waals surface area contributed by atoms with Gasteiger partial charge in [0.25, 0.3) is 0 Å². The lowest BCUT2D eigenvalue weighted by Gasteiger charge is -2.28. The van der Waals surface area contributed by atoms with Crippen molar-refractivity contribution in [1.29, 1.82) is 0 Å². The number of thiocarbonyl (C=S) groups is 1. The third-order valence-electron chi connectivity index (χ3n) is 4.92. The molecule has 1 heterocycles. The molecule has 0 bridgehead atoms. The Hall–Kier alpha value is -3.18. The normalized spacial score (nSPS) is 15.6. The summed E-state index contributed by atoms with van der Waals surface area (Å²) in [5.74, 6) is -0.251. The summed E-state index contributed by atoms with van der Waals surface area (Å²) in [6, 6.07) is 24.9. The van der Waals surface area contributed by atoms with Crippen LogP contribution in [-0.4, -0.2) is 10.1 Å². The highest BCUT2D eigenvalue weighted by Gasteiger charge is 2.28. The molecule has 0 amide bonds. The van der Waals surface area contributed by atoms with Crippen molar-refractivity contribution in [3.8, 4) is 0 Å². The minimum absolute atomic E-state index is 0.136. The number of rotatable bonds is 4. The number of nitrogens with zero attached hydrogens (tertiary/aromatic N) is 1. The summed E-state index contributed by atoms with van der Waals surface area (Å²) >= 11 is 5.68. The van der Waals surface area contributed by atoms with Gasteiger partial charge < -0.3 is 5.32 Å².